The van der Waals surface area contributed by atoms with Crippen molar-refractivity contribution >= 4 is 23.6 Å². The van der Waals surface area contributed by atoms with Crippen LogP contribution in [0.5, 0.6) is 0 Å². The summed E-state index contributed by atoms with van der Waals surface area (Å²) < 4.78 is 3.46. The molecule has 1 nitrogen and oxygen atoms in total. The van der Waals surface area contributed by atoms with E-state index in [2.05, 4.69) is 56.7 Å². The van der Waals surface area contributed by atoms with Crippen LogP contribution in [0, 0.1) is 24.7 Å². The summed E-state index contributed by atoms with van der Waals surface area (Å²) in [5.41, 5.74) is 7.68. The van der Waals surface area contributed by atoms with Crippen molar-refractivity contribution in [1.29, 1.82) is 0 Å². The van der Waals surface area contributed by atoms with Crippen molar-refractivity contribution in [3.05, 3.63) is 49.4 Å². The predicted octanol–water partition coefficient (Wildman–Crippen LogP) is 6.84. The largest absolute Gasteiger partial charge is 0.327 e. The quantitative estimate of drug-likeness (QED) is 0.529. The first-order valence-corrected chi connectivity index (χ1v) is 10.4. The Morgan fingerprint density at radius 1 is 1.21 bits per heavy atom. The van der Waals surface area contributed by atoms with Crippen molar-refractivity contribution in [3.8, 4) is 0 Å². The third-order valence-corrected chi connectivity index (χ3v) is 6.93. The van der Waals surface area contributed by atoms with Crippen molar-refractivity contribution in [2.75, 3.05) is 0 Å². The van der Waals surface area contributed by atoms with Gasteiger partial charge >= 0.3 is 0 Å². The van der Waals surface area contributed by atoms with E-state index in [1.165, 1.54) is 48.1 Å². The fraction of sp³-hybridized carbons (Fsp3) is 0.571. The average Bonchev–Trinajstić information content (AvgIpc) is 2.82. The molecule has 1 aliphatic rings. The first-order valence-electron chi connectivity index (χ1n) is 9.12. The number of aromatic nitrogens is 1. The molecular weight excluding hydrogens is 330 g/mol. The van der Waals surface area contributed by atoms with E-state index >= 15 is 0 Å². The van der Waals surface area contributed by atoms with Gasteiger partial charge in [0.2, 0.25) is 0 Å². The summed E-state index contributed by atoms with van der Waals surface area (Å²) in [6.45, 7) is 12.5. The molecule has 3 heteroatoms. The average molecular weight is 360 g/mol. The smallest absolute Gasteiger partial charge is 0.161 e. The number of benzene rings is 1. The second-order valence-corrected chi connectivity index (χ2v) is 9.37. The Bertz CT molecular complexity index is 767. The molecule has 1 saturated carbocycles. The van der Waals surface area contributed by atoms with Gasteiger partial charge in [-0.2, -0.15) is 0 Å². The number of rotatable bonds is 5. The van der Waals surface area contributed by atoms with Crippen LogP contribution >= 0.6 is 23.6 Å². The van der Waals surface area contributed by atoms with Crippen LogP contribution in [0.3, 0.4) is 0 Å². The summed E-state index contributed by atoms with van der Waals surface area (Å²) in [5, 5.41) is 2.32. The van der Waals surface area contributed by atoms with Crippen LogP contribution in [0.4, 0.5) is 0 Å². The van der Waals surface area contributed by atoms with Gasteiger partial charge in [0.1, 0.15) is 0 Å². The summed E-state index contributed by atoms with van der Waals surface area (Å²) in [4.78, 5) is 0. The zero-order valence-corrected chi connectivity index (χ0v) is 17.2. The van der Waals surface area contributed by atoms with Gasteiger partial charge in [0, 0.05) is 23.5 Å². The van der Waals surface area contributed by atoms with Crippen molar-refractivity contribution in [1.82, 2.24) is 4.57 Å². The molecule has 1 aromatic carbocycles. The van der Waals surface area contributed by atoms with Gasteiger partial charge in [0.05, 0.1) is 0 Å². The van der Waals surface area contributed by atoms with Crippen LogP contribution in [0.1, 0.15) is 73.4 Å². The van der Waals surface area contributed by atoms with Gasteiger partial charge in [0.25, 0.3) is 0 Å². The maximum atomic E-state index is 5.57. The van der Waals surface area contributed by atoms with Crippen molar-refractivity contribution in [2.45, 2.75) is 78.2 Å². The van der Waals surface area contributed by atoms with E-state index in [0.717, 1.165) is 10.5 Å². The molecule has 3 rings (SSSR count). The zero-order valence-electron chi connectivity index (χ0n) is 15.6. The fourth-order valence-corrected chi connectivity index (χ4v) is 5.98. The maximum absolute atomic E-state index is 5.57. The van der Waals surface area contributed by atoms with Gasteiger partial charge < -0.3 is 4.57 Å². The monoisotopic (exact) mass is 359 g/mol. The van der Waals surface area contributed by atoms with Gasteiger partial charge in [-0.1, -0.05) is 38.0 Å². The second kappa shape index (κ2) is 6.76. The molecule has 0 unspecified atom stereocenters. The van der Waals surface area contributed by atoms with Gasteiger partial charge in [-0.3, -0.25) is 0 Å². The van der Waals surface area contributed by atoms with Crippen LogP contribution in [-0.4, -0.2) is 4.57 Å². The predicted molar refractivity (Wildman–Crippen MR) is 108 cm³/mol. The topological polar surface area (TPSA) is 4.93 Å². The van der Waals surface area contributed by atoms with E-state index in [1.54, 1.807) is 16.9 Å². The molecule has 1 fully saturated rings. The van der Waals surface area contributed by atoms with Crippen LogP contribution in [0.15, 0.2) is 17.5 Å². The molecule has 0 aliphatic heterocycles. The highest BCUT2D eigenvalue weighted by atomic mass is 32.1. The molecule has 24 heavy (non-hydrogen) atoms. The molecule has 0 spiro atoms. The van der Waals surface area contributed by atoms with Gasteiger partial charge in [-0.25, -0.2) is 0 Å². The van der Waals surface area contributed by atoms with E-state index in [-0.39, 0.29) is 0 Å². The third-order valence-electron chi connectivity index (χ3n) is 5.64. The Labute approximate surface area is 155 Å². The summed E-state index contributed by atoms with van der Waals surface area (Å²) in [6, 6.07) is 4.68. The fourth-order valence-electron chi connectivity index (χ4n) is 4.77. The normalized spacial score (nSPS) is 23.3. The molecule has 0 N–H and O–H groups in total. The Hall–Kier alpha value is -0.930. The molecule has 130 valence electrons. The van der Waals surface area contributed by atoms with E-state index in [0.29, 0.717) is 11.3 Å². The van der Waals surface area contributed by atoms with Gasteiger partial charge in [0.15, 0.2) is 3.95 Å². The number of nitrogens with zero attached hydrogens (tertiary/aromatic N) is 1. The van der Waals surface area contributed by atoms with Gasteiger partial charge in [-0.15, -0.1) is 11.3 Å². The summed E-state index contributed by atoms with van der Waals surface area (Å²) in [7, 11) is 0. The minimum absolute atomic E-state index is 0.318. The minimum atomic E-state index is 0.318. The maximum Gasteiger partial charge on any atom is 0.161 e. The van der Waals surface area contributed by atoms with E-state index in [1.807, 2.05) is 0 Å². The first kappa shape index (κ1) is 17.9. The van der Waals surface area contributed by atoms with Crippen LogP contribution in [0.25, 0.3) is 0 Å². The van der Waals surface area contributed by atoms with E-state index in [9.17, 15) is 0 Å². The molecule has 0 bridgehead atoms. The lowest BCUT2D eigenvalue weighted by atomic mass is 9.57. The lowest BCUT2D eigenvalue weighted by Crippen LogP contribution is -2.39. The van der Waals surface area contributed by atoms with Crippen LogP contribution in [-0.2, 0) is 12.0 Å². The highest BCUT2D eigenvalue weighted by Gasteiger charge is 2.44. The van der Waals surface area contributed by atoms with Crippen LogP contribution in [0.2, 0.25) is 0 Å². The molecule has 1 heterocycles. The third kappa shape index (κ3) is 3.13. The van der Waals surface area contributed by atoms with Crippen molar-refractivity contribution < 1.29 is 0 Å². The Kier molecular flexibility index (Phi) is 5.04. The second-order valence-electron chi connectivity index (χ2n) is 7.87. The number of hydrogen-bond donors (Lipinski definition) is 0. The molecule has 0 radical (unpaired) electrons. The Morgan fingerprint density at radius 2 is 1.83 bits per heavy atom. The minimum Gasteiger partial charge on any atom is -0.327 e. The molecule has 1 aliphatic carbocycles. The Balaban J connectivity index is 1.84. The molecule has 2 aromatic rings. The summed E-state index contributed by atoms with van der Waals surface area (Å²) >= 11 is 7.31. The Morgan fingerprint density at radius 3 is 2.42 bits per heavy atom. The number of hydrogen-bond acceptors (Lipinski definition) is 2. The summed E-state index contributed by atoms with van der Waals surface area (Å²) in [5.74, 6) is 0.667. The molecule has 0 atom stereocenters. The highest BCUT2D eigenvalue weighted by molar-refractivity contribution is 7.73. The SMILES string of the molecule is CCCCn1c(C2CC(C)(c3c(C)cc(C)cc3C)C2)csc1=S. The van der Waals surface area contributed by atoms with Crippen molar-refractivity contribution in [2.24, 2.45) is 0 Å². The van der Waals surface area contributed by atoms with Gasteiger partial charge in [-0.05, 0) is 74.4 Å². The van der Waals surface area contributed by atoms with Crippen molar-refractivity contribution in [3.63, 3.8) is 0 Å². The number of aryl methyl sites for hydroxylation is 3. The molecule has 0 saturated heterocycles. The number of thiazole rings is 1. The van der Waals surface area contributed by atoms with E-state index in [4.69, 9.17) is 12.2 Å². The molecular formula is C21H29NS2. The summed E-state index contributed by atoms with van der Waals surface area (Å²) in [6.07, 6.45) is 4.93. The number of unbranched alkanes of at least 4 members (excludes halogenated alkanes) is 1. The lowest BCUT2D eigenvalue weighted by Gasteiger charge is -2.47. The van der Waals surface area contributed by atoms with E-state index < -0.39 is 0 Å². The lowest BCUT2D eigenvalue weighted by molar-refractivity contribution is 0.214. The first-order chi connectivity index (χ1) is 11.4. The van der Waals surface area contributed by atoms with Crippen LogP contribution < -0.4 is 0 Å². The zero-order chi connectivity index (χ0) is 17.5. The highest BCUT2D eigenvalue weighted by Crippen LogP contribution is 2.54. The standard InChI is InChI=1S/C21H29NS2/c1-6-7-8-22-18(13-24-20(22)23)17-11-21(5,12-17)19-15(3)9-14(2)10-16(19)4/h9-10,13,17H,6-8,11-12H2,1-5H3. The molecule has 0 amide bonds. The molecule has 1 aromatic heterocycles.